The maximum Gasteiger partial charge on any atom is 0.419 e. The van der Waals surface area contributed by atoms with Crippen molar-refractivity contribution in [1.29, 1.82) is 0 Å². The molecule has 1 heterocycles. The van der Waals surface area contributed by atoms with Crippen LogP contribution < -0.4 is 11.1 Å². The van der Waals surface area contributed by atoms with Crippen LogP contribution in [0.15, 0.2) is 51.7 Å². The minimum Gasteiger partial charge on any atom is -0.408 e. The van der Waals surface area contributed by atoms with Crippen molar-refractivity contribution >= 4 is 28.6 Å². The molecular weight excluding hydrogens is 316 g/mol. The molecule has 5 nitrogen and oxygen atoms in total. The molecule has 0 bridgehead atoms. The highest BCUT2D eigenvalue weighted by Gasteiger charge is 2.09. The Morgan fingerprint density at radius 3 is 2.83 bits per heavy atom. The number of aryl methyl sites for hydroxylation is 1. The van der Waals surface area contributed by atoms with Crippen molar-refractivity contribution in [2.24, 2.45) is 7.05 Å². The molecule has 0 unspecified atom stereocenters. The van der Waals surface area contributed by atoms with Gasteiger partial charge >= 0.3 is 5.76 Å². The van der Waals surface area contributed by atoms with E-state index in [1.807, 2.05) is 12.1 Å². The number of nitrogens with one attached hydrogen (secondary N) is 1. The van der Waals surface area contributed by atoms with E-state index in [0.29, 0.717) is 29.1 Å². The van der Waals surface area contributed by atoms with E-state index < -0.39 is 0 Å². The second-order valence-electron chi connectivity index (χ2n) is 5.21. The first-order chi connectivity index (χ1) is 11.1. The molecule has 0 aliphatic rings. The van der Waals surface area contributed by atoms with Crippen LogP contribution in [-0.2, 0) is 13.5 Å². The third kappa shape index (κ3) is 3.14. The zero-order chi connectivity index (χ0) is 16.4. The lowest BCUT2D eigenvalue weighted by atomic mass is 10.1. The smallest absolute Gasteiger partial charge is 0.408 e. The van der Waals surface area contributed by atoms with Crippen LogP contribution in [0.5, 0.6) is 0 Å². The molecule has 1 amide bonds. The number of nitrogens with zero attached hydrogens (tertiary/aromatic N) is 1. The average molecular weight is 331 g/mol. The van der Waals surface area contributed by atoms with Crippen molar-refractivity contribution < 1.29 is 9.21 Å². The van der Waals surface area contributed by atoms with Gasteiger partial charge in [-0.15, -0.1) is 0 Å². The van der Waals surface area contributed by atoms with Crippen molar-refractivity contribution in [3.63, 3.8) is 0 Å². The lowest BCUT2D eigenvalue weighted by Crippen LogP contribution is -2.25. The van der Waals surface area contributed by atoms with Gasteiger partial charge in [0, 0.05) is 13.6 Å². The summed E-state index contributed by atoms with van der Waals surface area (Å²) in [5.41, 5.74) is 2.77. The third-order valence-electron chi connectivity index (χ3n) is 3.67. The summed E-state index contributed by atoms with van der Waals surface area (Å²) < 4.78 is 6.55. The summed E-state index contributed by atoms with van der Waals surface area (Å²) in [6, 6.07) is 12.5. The molecule has 0 saturated carbocycles. The second kappa shape index (κ2) is 6.30. The van der Waals surface area contributed by atoms with Gasteiger partial charge in [-0.2, -0.15) is 0 Å². The summed E-state index contributed by atoms with van der Waals surface area (Å²) >= 11 is 6.00. The van der Waals surface area contributed by atoms with Crippen molar-refractivity contribution in [3.05, 3.63) is 69.2 Å². The fraction of sp³-hybridized carbons (Fsp3) is 0.176. The quantitative estimate of drug-likeness (QED) is 0.800. The van der Waals surface area contributed by atoms with E-state index in [9.17, 15) is 9.59 Å². The van der Waals surface area contributed by atoms with Crippen molar-refractivity contribution in [1.82, 2.24) is 9.88 Å². The first-order valence-electron chi connectivity index (χ1n) is 7.17. The number of aromatic nitrogens is 1. The molecule has 3 aromatic rings. The Kier molecular flexibility index (Phi) is 4.21. The lowest BCUT2D eigenvalue weighted by Gasteiger charge is -2.07. The number of benzene rings is 2. The molecule has 3 rings (SSSR count). The molecule has 0 radical (unpaired) electrons. The molecule has 0 atom stereocenters. The van der Waals surface area contributed by atoms with Gasteiger partial charge < -0.3 is 9.73 Å². The number of rotatable bonds is 4. The predicted octanol–water partition coefficient (Wildman–Crippen LogP) is 2.76. The van der Waals surface area contributed by atoms with Crippen LogP contribution in [0.3, 0.4) is 0 Å². The van der Waals surface area contributed by atoms with Gasteiger partial charge in [-0.3, -0.25) is 9.36 Å². The number of carbonyl (C=O) groups excluding carboxylic acids is 1. The van der Waals surface area contributed by atoms with Gasteiger partial charge in [0.1, 0.15) is 0 Å². The molecule has 6 heteroatoms. The summed E-state index contributed by atoms with van der Waals surface area (Å²) in [4.78, 5) is 23.5. The maximum atomic E-state index is 12.1. The Bertz CT molecular complexity index is 927. The van der Waals surface area contributed by atoms with Crippen molar-refractivity contribution in [2.45, 2.75) is 6.42 Å². The van der Waals surface area contributed by atoms with Crippen LogP contribution in [-0.4, -0.2) is 17.0 Å². The number of halogens is 1. The van der Waals surface area contributed by atoms with Gasteiger partial charge in [0.05, 0.1) is 16.1 Å². The summed E-state index contributed by atoms with van der Waals surface area (Å²) in [5.74, 6) is -0.587. The van der Waals surface area contributed by atoms with Crippen LogP contribution in [0.4, 0.5) is 0 Å². The van der Waals surface area contributed by atoms with E-state index in [-0.39, 0.29) is 11.7 Å². The first-order valence-corrected chi connectivity index (χ1v) is 7.55. The topological polar surface area (TPSA) is 64.2 Å². The maximum absolute atomic E-state index is 12.1. The second-order valence-corrected chi connectivity index (χ2v) is 5.62. The number of amides is 1. The molecule has 0 spiro atoms. The Hall–Kier alpha value is -2.53. The first kappa shape index (κ1) is 15.4. The molecule has 2 aromatic carbocycles. The molecule has 23 heavy (non-hydrogen) atoms. The van der Waals surface area contributed by atoms with Crippen LogP contribution in [0.25, 0.3) is 11.1 Å². The lowest BCUT2D eigenvalue weighted by molar-refractivity contribution is 0.0954. The van der Waals surface area contributed by atoms with Gasteiger partial charge in [-0.25, -0.2) is 4.79 Å². The minimum atomic E-state index is -0.385. The molecule has 118 valence electrons. The monoisotopic (exact) mass is 330 g/mol. The van der Waals surface area contributed by atoms with Crippen LogP contribution in [0, 0.1) is 0 Å². The van der Waals surface area contributed by atoms with Crippen LogP contribution in [0.1, 0.15) is 15.9 Å². The Balaban J connectivity index is 1.67. The highest BCUT2D eigenvalue weighted by molar-refractivity contribution is 6.33. The SMILES string of the molecule is Cn1c(=O)oc2ccc(CCNC(=O)c3ccccc3Cl)cc21. The number of carbonyl (C=O) groups is 1. The van der Waals surface area contributed by atoms with Gasteiger partial charge in [-0.05, 0) is 36.2 Å². The normalized spacial score (nSPS) is 10.9. The van der Waals surface area contributed by atoms with Crippen LogP contribution in [0.2, 0.25) is 5.02 Å². The molecule has 0 fully saturated rings. The Morgan fingerprint density at radius 1 is 1.26 bits per heavy atom. The van der Waals surface area contributed by atoms with Crippen molar-refractivity contribution in [2.75, 3.05) is 6.54 Å². The number of hydrogen-bond donors (Lipinski definition) is 1. The Labute approximate surface area is 137 Å². The van der Waals surface area contributed by atoms with Crippen molar-refractivity contribution in [3.8, 4) is 0 Å². The van der Waals surface area contributed by atoms with Crippen LogP contribution >= 0.6 is 11.6 Å². The predicted molar refractivity (Wildman–Crippen MR) is 88.9 cm³/mol. The summed E-state index contributed by atoms with van der Waals surface area (Å²) in [6.45, 7) is 0.474. The third-order valence-corrected chi connectivity index (χ3v) is 4.00. The van der Waals surface area contributed by atoms with E-state index in [1.165, 1.54) is 4.57 Å². The Morgan fingerprint density at radius 2 is 2.04 bits per heavy atom. The number of hydrogen-bond acceptors (Lipinski definition) is 3. The van der Waals surface area contributed by atoms with E-state index in [4.69, 9.17) is 16.0 Å². The standard InChI is InChI=1S/C17H15ClN2O3/c1-20-14-10-11(6-7-15(14)23-17(20)22)8-9-19-16(21)12-4-2-3-5-13(12)18/h2-7,10H,8-9H2,1H3,(H,19,21). The van der Waals surface area contributed by atoms with Gasteiger partial charge in [0.2, 0.25) is 0 Å². The minimum absolute atomic E-state index is 0.201. The van der Waals surface area contributed by atoms with Gasteiger partial charge in [0.25, 0.3) is 5.91 Å². The fourth-order valence-corrected chi connectivity index (χ4v) is 2.61. The van der Waals surface area contributed by atoms with E-state index >= 15 is 0 Å². The molecule has 1 aromatic heterocycles. The molecule has 1 N–H and O–H groups in total. The van der Waals surface area contributed by atoms with Gasteiger partial charge in [-0.1, -0.05) is 29.8 Å². The fourth-order valence-electron chi connectivity index (χ4n) is 2.39. The van der Waals surface area contributed by atoms with E-state index in [2.05, 4.69) is 5.32 Å². The van der Waals surface area contributed by atoms with E-state index in [1.54, 1.807) is 37.4 Å². The zero-order valence-electron chi connectivity index (χ0n) is 12.5. The molecular formula is C17H15ClN2O3. The van der Waals surface area contributed by atoms with E-state index in [0.717, 1.165) is 11.1 Å². The summed E-state index contributed by atoms with van der Waals surface area (Å²) in [5, 5.41) is 3.27. The highest BCUT2D eigenvalue weighted by atomic mass is 35.5. The number of oxazole rings is 1. The molecule has 0 aliphatic heterocycles. The molecule has 0 saturated heterocycles. The summed E-state index contributed by atoms with van der Waals surface area (Å²) in [7, 11) is 1.66. The largest absolute Gasteiger partial charge is 0.419 e. The summed E-state index contributed by atoms with van der Waals surface area (Å²) in [6.07, 6.45) is 0.644. The average Bonchev–Trinajstić information content (AvgIpc) is 2.82. The molecule has 0 aliphatic carbocycles. The zero-order valence-corrected chi connectivity index (χ0v) is 13.3. The number of fused-ring (bicyclic) bond motifs is 1. The highest BCUT2D eigenvalue weighted by Crippen LogP contribution is 2.16. The van der Waals surface area contributed by atoms with Gasteiger partial charge in [0.15, 0.2) is 5.58 Å².